The van der Waals surface area contributed by atoms with E-state index in [0.29, 0.717) is 0 Å². The quantitative estimate of drug-likeness (QED) is 0.427. The number of nitrogens with one attached hydrogen (secondary N) is 1. The normalized spacial score (nSPS) is 28.5. The third kappa shape index (κ3) is 3.93. The van der Waals surface area contributed by atoms with Gasteiger partial charge in [0.25, 0.3) is 0 Å². The molecule has 1 N–H and O–H groups in total. The van der Waals surface area contributed by atoms with E-state index in [-0.39, 0.29) is 35.0 Å². The molecule has 1 saturated heterocycles. The van der Waals surface area contributed by atoms with Crippen LogP contribution in [0.3, 0.4) is 0 Å². The molecule has 28 heavy (non-hydrogen) atoms. The summed E-state index contributed by atoms with van der Waals surface area (Å²) in [5.74, 6) is -0.817. The van der Waals surface area contributed by atoms with Gasteiger partial charge in [-0.05, 0) is 43.3 Å². The fourth-order valence-electron chi connectivity index (χ4n) is 3.31. The lowest BCUT2D eigenvalue weighted by molar-refractivity contribution is -0.155. The van der Waals surface area contributed by atoms with Crippen molar-refractivity contribution in [2.45, 2.75) is 67.8 Å². The Labute approximate surface area is 172 Å². The van der Waals surface area contributed by atoms with Crippen LogP contribution in [0.15, 0.2) is 47.4 Å². The highest BCUT2D eigenvalue weighted by atomic mass is 32.2. The van der Waals surface area contributed by atoms with Gasteiger partial charge in [0, 0.05) is 11.0 Å². The van der Waals surface area contributed by atoms with Crippen LogP contribution in [0.4, 0.5) is 0 Å². The number of benzene rings is 1. The molecule has 2 aliphatic heterocycles. The van der Waals surface area contributed by atoms with Crippen molar-refractivity contribution in [3.8, 4) is 0 Å². The molecule has 0 radical (unpaired) electrons. The molecule has 0 aliphatic carbocycles. The van der Waals surface area contributed by atoms with Crippen molar-refractivity contribution in [3.63, 3.8) is 0 Å². The van der Waals surface area contributed by atoms with E-state index in [0.717, 1.165) is 4.90 Å². The van der Waals surface area contributed by atoms with Crippen LogP contribution in [0.1, 0.15) is 27.7 Å². The second-order valence-electron chi connectivity index (χ2n) is 8.99. The van der Waals surface area contributed by atoms with Gasteiger partial charge in [-0.15, -0.1) is 0 Å². The smallest absolute Gasteiger partial charge is 0.332 e. The van der Waals surface area contributed by atoms with Crippen molar-refractivity contribution >= 4 is 32.0 Å². The molecule has 1 amide bonds. The number of rotatable bonds is 6. The average Bonchev–Trinajstić information content (AvgIpc) is 2.93. The van der Waals surface area contributed by atoms with E-state index >= 15 is 0 Å². The Hall–Kier alpha value is -1.57. The first-order valence-electron chi connectivity index (χ1n) is 9.60. The number of amides is 1. The zero-order valence-corrected chi connectivity index (χ0v) is 19.1. The SMILES string of the molecule is C[C@@H](O[Si](C)(C)C(C)(C)C)[C@@H]1C(=O)N[C@@H]1[C@]1(Sc2ccccc2)C=CC(=O)O1. The van der Waals surface area contributed by atoms with E-state index in [2.05, 4.69) is 39.2 Å². The minimum absolute atomic E-state index is 0.0488. The number of carbonyl (C=O) groups is 2. The number of cyclic esters (lactones) is 1. The highest BCUT2D eigenvalue weighted by Crippen LogP contribution is 2.47. The Kier molecular flexibility index (Phi) is 5.55. The van der Waals surface area contributed by atoms with Crippen LogP contribution in [-0.4, -0.2) is 37.3 Å². The summed E-state index contributed by atoms with van der Waals surface area (Å²) < 4.78 is 12.2. The number of esters is 1. The average molecular weight is 420 g/mol. The summed E-state index contributed by atoms with van der Waals surface area (Å²) >= 11 is 1.44. The van der Waals surface area contributed by atoms with Gasteiger partial charge in [0.1, 0.15) is 0 Å². The molecular formula is C21H29NO4SSi. The van der Waals surface area contributed by atoms with Crippen LogP contribution in [0.25, 0.3) is 0 Å². The van der Waals surface area contributed by atoms with Crippen LogP contribution < -0.4 is 5.32 Å². The molecule has 0 aromatic heterocycles. The van der Waals surface area contributed by atoms with E-state index in [4.69, 9.17) is 9.16 Å². The maximum absolute atomic E-state index is 12.5. The zero-order chi connectivity index (χ0) is 20.7. The van der Waals surface area contributed by atoms with Gasteiger partial charge in [0.05, 0.1) is 18.1 Å². The molecule has 2 aliphatic rings. The van der Waals surface area contributed by atoms with E-state index in [1.807, 2.05) is 37.3 Å². The summed E-state index contributed by atoms with van der Waals surface area (Å²) in [4.78, 5) is 24.5. The van der Waals surface area contributed by atoms with Crippen LogP contribution in [-0.2, 0) is 18.8 Å². The predicted molar refractivity (Wildman–Crippen MR) is 113 cm³/mol. The molecule has 152 valence electrons. The van der Waals surface area contributed by atoms with Crippen molar-refractivity contribution < 1.29 is 18.8 Å². The Morgan fingerprint density at radius 1 is 1.21 bits per heavy atom. The molecular weight excluding hydrogens is 390 g/mol. The maximum Gasteiger partial charge on any atom is 0.332 e. The summed E-state index contributed by atoms with van der Waals surface area (Å²) in [6, 6.07) is 9.42. The Morgan fingerprint density at radius 2 is 1.86 bits per heavy atom. The van der Waals surface area contributed by atoms with Gasteiger partial charge in [0.15, 0.2) is 8.32 Å². The van der Waals surface area contributed by atoms with Crippen LogP contribution in [0.5, 0.6) is 0 Å². The molecule has 5 nitrogen and oxygen atoms in total. The predicted octanol–water partition coefficient (Wildman–Crippen LogP) is 4.11. The number of thioether (sulfide) groups is 1. The fourth-order valence-corrected chi connectivity index (χ4v) is 6.00. The first-order chi connectivity index (χ1) is 13.0. The molecule has 0 spiro atoms. The lowest BCUT2D eigenvalue weighted by atomic mass is 9.82. The summed E-state index contributed by atoms with van der Waals surface area (Å²) in [5, 5.41) is 3.02. The Bertz CT molecular complexity index is 789. The summed E-state index contributed by atoms with van der Waals surface area (Å²) in [5.41, 5.74) is 0. The minimum atomic E-state index is -2.04. The molecule has 1 aromatic carbocycles. The van der Waals surface area contributed by atoms with Crippen molar-refractivity contribution in [2.24, 2.45) is 5.92 Å². The van der Waals surface area contributed by atoms with Crippen LogP contribution in [0.2, 0.25) is 18.1 Å². The monoisotopic (exact) mass is 419 g/mol. The minimum Gasteiger partial charge on any atom is -0.438 e. The second kappa shape index (κ2) is 7.35. The number of hydrogen-bond acceptors (Lipinski definition) is 5. The first kappa shape index (κ1) is 21.1. The lowest BCUT2D eigenvalue weighted by Crippen LogP contribution is -2.70. The van der Waals surface area contributed by atoms with Crippen LogP contribution in [0, 0.1) is 5.92 Å². The van der Waals surface area contributed by atoms with Crippen molar-refractivity contribution in [3.05, 3.63) is 42.5 Å². The van der Waals surface area contributed by atoms with Crippen molar-refractivity contribution in [1.82, 2.24) is 5.32 Å². The van der Waals surface area contributed by atoms with Gasteiger partial charge in [-0.2, -0.15) is 0 Å². The third-order valence-corrected chi connectivity index (χ3v) is 11.8. The summed E-state index contributed by atoms with van der Waals surface area (Å²) in [6.45, 7) is 12.9. The lowest BCUT2D eigenvalue weighted by Gasteiger charge is -2.49. The molecule has 1 fully saturated rings. The number of hydrogen-bond donors (Lipinski definition) is 1. The topological polar surface area (TPSA) is 64.6 Å². The largest absolute Gasteiger partial charge is 0.438 e. The summed E-state index contributed by atoms with van der Waals surface area (Å²) in [6.07, 6.45) is 2.94. The molecule has 1 aromatic rings. The standard InChI is InChI=1S/C21H29NO4SSi/c1-14(26-28(5,6)20(2,3)4)17-18(22-19(17)24)21(13-12-16(23)25-21)27-15-10-8-7-9-11-15/h7-14,17-18H,1-6H3,(H,22,24)/t14-,17+,18+,21-/m1/s1. The molecule has 0 bridgehead atoms. The van der Waals surface area contributed by atoms with Gasteiger partial charge in [0.2, 0.25) is 10.8 Å². The number of β-lactam (4-membered cyclic amide) rings is 1. The van der Waals surface area contributed by atoms with Gasteiger partial charge < -0.3 is 14.5 Å². The first-order valence-corrected chi connectivity index (χ1v) is 13.3. The highest BCUT2D eigenvalue weighted by molar-refractivity contribution is 8.00. The molecule has 3 rings (SSSR count). The summed E-state index contributed by atoms with van der Waals surface area (Å²) in [7, 11) is -2.04. The van der Waals surface area contributed by atoms with Gasteiger partial charge in [-0.1, -0.05) is 50.7 Å². The molecule has 0 saturated carbocycles. The van der Waals surface area contributed by atoms with Gasteiger partial charge in [-0.3, -0.25) is 4.79 Å². The van der Waals surface area contributed by atoms with E-state index in [9.17, 15) is 9.59 Å². The molecule has 2 heterocycles. The third-order valence-electron chi connectivity index (χ3n) is 5.92. The second-order valence-corrected chi connectivity index (χ2v) is 15.1. The van der Waals surface area contributed by atoms with Crippen molar-refractivity contribution in [2.75, 3.05) is 0 Å². The van der Waals surface area contributed by atoms with E-state index in [1.54, 1.807) is 6.08 Å². The number of ether oxygens (including phenoxy) is 1. The molecule has 7 heteroatoms. The Balaban J connectivity index is 1.84. The number of carbonyl (C=O) groups excluding carboxylic acids is 2. The Morgan fingerprint density at radius 3 is 2.36 bits per heavy atom. The van der Waals surface area contributed by atoms with E-state index < -0.39 is 13.3 Å². The highest BCUT2D eigenvalue weighted by Gasteiger charge is 2.59. The van der Waals surface area contributed by atoms with Gasteiger partial charge in [-0.25, -0.2) is 4.79 Å². The fraction of sp³-hybridized carbons (Fsp3) is 0.524. The van der Waals surface area contributed by atoms with Crippen LogP contribution >= 0.6 is 11.8 Å². The van der Waals surface area contributed by atoms with Gasteiger partial charge >= 0.3 is 5.97 Å². The molecule has 4 atom stereocenters. The zero-order valence-electron chi connectivity index (χ0n) is 17.3. The van der Waals surface area contributed by atoms with Crippen molar-refractivity contribution in [1.29, 1.82) is 0 Å². The molecule has 0 unspecified atom stereocenters. The van der Waals surface area contributed by atoms with E-state index in [1.165, 1.54) is 17.8 Å². The maximum atomic E-state index is 12.5.